The Morgan fingerprint density at radius 1 is 1.21 bits per heavy atom. The third-order valence-electron chi connectivity index (χ3n) is 6.13. The van der Waals surface area contributed by atoms with Gasteiger partial charge in [-0.1, -0.05) is 61.9 Å². The fraction of sp³-hybridized carbons (Fsp3) is 0.407. The molecule has 1 aliphatic rings. The smallest absolute Gasteiger partial charge is 0.345 e. The number of aliphatic hydroxyl groups is 1. The van der Waals surface area contributed by atoms with Crippen LogP contribution in [0.15, 0.2) is 60.7 Å². The Balaban J connectivity index is 1.44. The molecule has 3 rings (SSSR count). The van der Waals surface area contributed by atoms with Crippen molar-refractivity contribution in [1.29, 1.82) is 0 Å². The van der Waals surface area contributed by atoms with E-state index in [2.05, 4.69) is 31.2 Å². The van der Waals surface area contributed by atoms with E-state index in [0.717, 1.165) is 37.0 Å². The largest absolute Gasteiger partial charge is 0.477 e. The van der Waals surface area contributed by atoms with Gasteiger partial charge in [0.2, 0.25) is 5.91 Å². The molecule has 1 aromatic heterocycles. The highest BCUT2D eigenvalue weighted by atomic mass is 32.1. The Bertz CT molecular complexity index is 966. The molecule has 0 spiro atoms. The second kappa shape index (κ2) is 12.5. The molecule has 2 aromatic rings. The van der Waals surface area contributed by atoms with Gasteiger partial charge < -0.3 is 15.1 Å². The molecule has 0 aliphatic carbocycles. The highest BCUT2D eigenvalue weighted by Crippen LogP contribution is 2.23. The zero-order valence-electron chi connectivity index (χ0n) is 19.1. The molecule has 0 radical (unpaired) electrons. The number of hydrogen-bond donors (Lipinski definition) is 2. The van der Waals surface area contributed by atoms with Gasteiger partial charge in [0, 0.05) is 17.8 Å². The van der Waals surface area contributed by atoms with Gasteiger partial charge >= 0.3 is 5.97 Å². The molecule has 33 heavy (non-hydrogen) atoms. The fourth-order valence-corrected chi connectivity index (χ4v) is 4.85. The van der Waals surface area contributed by atoms with Crippen molar-refractivity contribution in [2.24, 2.45) is 5.92 Å². The standard InChI is InChI=1S/C27H33NO4S/c1-20(8-5-6-11-21-9-3-2-4-10-21)24(29)16-13-22-14-18-26(30)28(22)19-7-12-23-15-17-25(33-23)27(31)32/h2-4,7,9-10,12-13,15-17,20,22,24,29H,5-6,8,11,14,18-19H2,1H3,(H,31,32)/t20-,22?,24+/m0/s1. The molecule has 1 saturated heterocycles. The normalized spacial score (nSPS) is 18.4. The van der Waals surface area contributed by atoms with Crippen molar-refractivity contribution in [3.63, 3.8) is 0 Å². The summed E-state index contributed by atoms with van der Waals surface area (Å²) in [7, 11) is 0. The predicted octanol–water partition coefficient (Wildman–Crippen LogP) is 5.42. The average Bonchev–Trinajstić information content (AvgIpc) is 3.43. The van der Waals surface area contributed by atoms with E-state index in [-0.39, 0.29) is 17.9 Å². The molecule has 2 N–H and O–H groups in total. The number of hydrogen-bond acceptors (Lipinski definition) is 4. The van der Waals surface area contributed by atoms with E-state index in [1.165, 1.54) is 16.9 Å². The summed E-state index contributed by atoms with van der Waals surface area (Å²) in [5.41, 5.74) is 1.35. The molecule has 0 saturated carbocycles. The number of rotatable bonds is 12. The van der Waals surface area contributed by atoms with Crippen LogP contribution in [0.4, 0.5) is 0 Å². The van der Waals surface area contributed by atoms with Gasteiger partial charge in [0.15, 0.2) is 0 Å². The summed E-state index contributed by atoms with van der Waals surface area (Å²) in [5.74, 6) is -0.650. The minimum absolute atomic E-state index is 0.0139. The molecule has 176 valence electrons. The van der Waals surface area contributed by atoms with E-state index in [1.807, 2.05) is 35.3 Å². The Labute approximate surface area is 200 Å². The molecule has 1 unspecified atom stereocenters. The average molecular weight is 468 g/mol. The fourth-order valence-electron chi connectivity index (χ4n) is 4.08. The Morgan fingerprint density at radius 3 is 2.73 bits per heavy atom. The number of aryl methyl sites for hydroxylation is 1. The summed E-state index contributed by atoms with van der Waals surface area (Å²) < 4.78 is 0. The molecular weight excluding hydrogens is 434 g/mol. The number of carbonyl (C=O) groups excluding carboxylic acids is 1. The first kappa shape index (κ1) is 24.9. The van der Waals surface area contributed by atoms with Gasteiger partial charge in [-0.2, -0.15) is 0 Å². The maximum absolute atomic E-state index is 12.3. The first-order valence-corrected chi connectivity index (χ1v) is 12.4. The SMILES string of the molecule is C[C@@H](CCCCc1ccccc1)[C@H](O)C=CC1CCC(=O)N1CC=Cc1ccc(C(=O)O)s1. The zero-order chi connectivity index (χ0) is 23.6. The summed E-state index contributed by atoms with van der Waals surface area (Å²) in [6.45, 7) is 2.55. The van der Waals surface area contributed by atoms with E-state index in [0.29, 0.717) is 17.8 Å². The number of likely N-dealkylation sites (tertiary alicyclic amines) is 1. The van der Waals surface area contributed by atoms with Gasteiger partial charge in [0.25, 0.3) is 0 Å². The highest BCUT2D eigenvalue weighted by molar-refractivity contribution is 7.14. The van der Waals surface area contributed by atoms with Crippen molar-refractivity contribution in [2.75, 3.05) is 6.54 Å². The quantitative estimate of drug-likeness (QED) is 0.323. The van der Waals surface area contributed by atoms with Crippen LogP contribution in [0.5, 0.6) is 0 Å². The highest BCUT2D eigenvalue weighted by Gasteiger charge is 2.28. The van der Waals surface area contributed by atoms with Crippen LogP contribution in [0.1, 0.15) is 59.1 Å². The van der Waals surface area contributed by atoms with Crippen LogP contribution >= 0.6 is 11.3 Å². The summed E-state index contributed by atoms with van der Waals surface area (Å²) in [6, 6.07) is 13.8. The molecule has 3 atom stereocenters. The molecule has 6 heteroatoms. The van der Waals surface area contributed by atoms with E-state index in [9.17, 15) is 14.7 Å². The maximum Gasteiger partial charge on any atom is 0.345 e. The lowest BCUT2D eigenvalue weighted by atomic mass is 9.95. The van der Waals surface area contributed by atoms with E-state index >= 15 is 0 Å². The van der Waals surface area contributed by atoms with Crippen molar-refractivity contribution in [3.8, 4) is 0 Å². The lowest BCUT2D eigenvalue weighted by Gasteiger charge is -2.22. The van der Waals surface area contributed by atoms with E-state index in [4.69, 9.17) is 5.11 Å². The van der Waals surface area contributed by atoms with Gasteiger partial charge in [0.05, 0.1) is 12.1 Å². The molecule has 1 aromatic carbocycles. The molecular formula is C27H33NO4S. The van der Waals surface area contributed by atoms with Crippen LogP contribution in [-0.2, 0) is 11.2 Å². The summed E-state index contributed by atoms with van der Waals surface area (Å²) in [4.78, 5) is 26.3. The molecule has 0 bridgehead atoms. The first-order valence-electron chi connectivity index (χ1n) is 11.6. The summed E-state index contributed by atoms with van der Waals surface area (Å²) in [5, 5.41) is 19.6. The molecule has 5 nitrogen and oxygen atoms in total. The second-order valence-corrected chi connectivity index (χ2v) is 9.76. The van der Waals surface area contributed by atoms with Crippen LogP contribution in [0.2, 0.25) is 0 Å². The van der Waals surface area contributed by atoms with Crippen LogP contribution in [0, 0.1) is 5.92 Å². The van der Waals surface area contributed by atoms with Crippen LogP contribution in [-0.4, -0.2) is 45.7 Å². The summed E-state index contributed by atoms with van der Waals surface area (Å²) in [6.07, 6.45) is 12.5. The molecule has 1 fully saturated rings. The zero-order valence-corrected chi connectivity index (χ0v) is 19.9. The second-order valence-electron chi connectivity index (χ2n) is 8.65. The molecule has 2 heterocycles. The van der Waals surface area contributed by atoms with Gasteiger partial charge in [-0.25, -0.2) is 4.79 Å². The number of unbranched alkanes of at least 4 members (excludes halogenated alkanes) is 1. The van der Waals surface area contributed by atoms with E-state index < -0.39 is 12.1 Å². The first-order chi connectivity index (χ1) is 15.9. The monoisotopic (exact) mass is 467 g/mol. The Kier molecular flexibility index (Phi) is 9.46. The lowest BCUT2D eigenvalue weighted by Crippen LogP contribution is -2.32. The number of carboxylic acid groups (broad SMARTS) is 1. The number of aliphatic hydroxyl groups excluding tert-OH is 1. The molecule has 1 aliphatic heterocycles. The lowest BCUT2D eigenvalue weighted by molar-refractivity contribution is -0.127. The van der Waals surface area contributed by atoms with Gasteiger partial charge in [-0.05, 0) is 55.4 Å². The van der Waals surface area contributed by atoms with Crippen molar-refractivity contribution in [2.45, 2.75) is 57.6 Å². The number of carboxylic acids is 1. The third-order valence-corrected chi connectivity index (χ3v) is 7.17. The third kappa shape index (κ3) is 7.69. The Hall–Kier alpha value is -2.70. The topological polar surface area (TPSA) is 77.8 Å². The predicted molar refractivity (Wildman–Crippen MR) is 133 cm³/mol. The Morgan fingerprint density at radius 2 is 2.00 bits per heavy atom. The van der Waals surface area contributed by atoms with Crippen molar-refractivity contribution in [1.82, 2.24) is 4.90 Å². The minimum Gasteiger partial charge on any atom is -0.477 e. The number of aromatic carboxylic acids is 1. The van der Waals surface area contributed by atoms with Crippen molar-refractivity contribution in [3.05, 3.63) is 76.0 Å². The minimum atomic E-state index is -0.927. The number of amides is 1. The van der Waals surface area contributed by atoms with Crippen molar-refractivity contribution < 1.29 is 19.8 Å². The number of thiophene rings is 1. The maximum atomic E-state index is 12.3. The van der Waals surface area contributed by atoms with Gasteiger partial charge in [-0.3, -0.25) is 4.79 Å². The molecule has 1 amide bonds. The van der Waals surface area contributed by atoms with Gasteiger partial charge in [0.1, 0.15) is 4.88 Å². The summed E-state index contributed by atoms with van der Waals surface area (Å²) >= 11 is 1.21. The van der Waals surface area contributed by atoms with E-state index in [1.54, 1.807) is 12.1 Å². The number of nitrogens with zero attached hydrogens (tertiary/aromatic N) is 1. The van der Waals surface area contributed by atoms with Crippen LogP contribution in [0.3, 0.4) is 0 Å². The van der Waals surface area contributed by atoms with Crippen LogP contribution in [0.25, 0.3) is 6.08 Å². The van der Waals surface area contributed by atoms with Crippen molar-refractivity contribution >= 4 is 29.3 Å². The van der Waals surface area contributed by atoms with Gasteiger partial charge in [-0.15, -0.1) is 11.3 Å². The van der Waals surface area contributed by atoms with Crippen LogP contribution < -0.4 is 0 Å². The number of carbonyl (C=O) groups is 2. The number of benzene rings is 1.